The Labute approximate surface area is 137 Å². The van der Waals surface area contributed by atoms with Crippen LogP contribution in [-0.2, 0) is 0 Å². The van der Waals surface area contributed by atoms with Gasteiger partial charge in [0, 0.05) is 10.2 Å². The van der Waals surface area contributed by atoms with Crippen molar-refractivity contribution in [1.29, 1.82) is 0 Å². The monoisotopic (exact) mass is 308 g/mol. The Morgan fingerprint density at radius 3 is 1.87 bits per heavy atom. The fourth-order valence-corrected chi connectivity index (χ4v) is 4.68. The summed E-state index contributed by atoms with van der Waals surface area (Å²) in [4.78, 5) is 0. The molecular formula is C22H16Si. The van der Waals surface area contributed by atoms with Gasteiger partial charge in [0.15, 0.2) is 0 Å². The average Bonchev–Trinajstić information content (AvgIpc) is 2.60. The third-order valence-corrected chi connectivity index (χ3v) is 6.07. The lowest BCUT2D eigenvalue weighted by molar-refractivity contribution is 1.79. The van der Waals surface area contributed by atoms with Gasteiger partial charge in [-0.1, -0.05) is 65.9 Å². The lowest BCUT2D eigenvalue weighted by Crippen LogP contribution is -2.05. The van der Waals surface area contributed by atoms with Gasteiger partial charge in [-0.25, -0.2) is 0 Å². The van der Waals surface area contributed by atoms with Gasteiger partial charge in [0.1, 0.15) is 0 Å². The van der Waals surface area contributed by atoms with Gasteiger partial charge in [0.05, 0.1) is 0 Å². The van der Waals surface area contributed by atoms with Gasteiger partial charge in [0.25, 0.3) is 0 Å². The minimum Gasteiger partial charge on any atom is -0.0616 e. The zero-order chi connectivity index (χ0) is 15.4. The summed E-state index contributed by atoms with van der Waals surface area (Å²) < 4.78 is 0. The average molecular weight is 308 g/mol. The SMILES string of the molecule is [SiH3]c1c2ccccc2cc2c1ccc1cc3ccccc3cc12. The molecule has 0 atom stereocenters. The summed E-state index contributed by atoms with van der Waals surface area (Å²) in [6.07, 6.45) is 0. The minimum atomic E-state index is 1.06. The zero-order valence-corrected chi connectivity index (χ0v) is 15.0. The van der Waals surface area contributed by atoms with E-state index in [1.54, 1.807) is 0 Å². The first-order valence-corrected chi connectivity index (χ1v) is 9.05. The van der Waals surface area contributed by atoms with E-state index in [1.807, 2.05) is 0 Å². The van der Waals surface area contributed by atoms with Crippen LogP contribution in [-0.4, -0.2) is 10.2 Å². The Balaban J connectivity index is 2.04. The van der Waals surface area contributed by atoms with Crippen LogP contribution in [0, 0.1) is 0 Å². The van der Waals surface area contributed by atoms with E-state index in [0.717, 1.165) is 10.2 Å². The summed E-state index contributed by atoms with van der Waals surface area (Å²) in [6.45, 7) is 0. The van der Waals surface area contributed by atoms with Gasteiger partial charge >= 0.3 is 0 Å². The summed E-state index contributed by atoms with van der Waals surface area (Å²) in [5.41, 5.74) is 0. The van der Waals surface area contributed by atoms with Crippen molar-refractivity contribution in [1.82, 2.24) is 0 Å². The fourth-order valence-electron chi connectivity index (χ4n) is 3.78. The maximum absolute atomic E-state index is 2.36. The molecule has 0 heterocycles. The van der Waals surface area contributed by atoms with Gasteiger partial charge in [-0.15, -0.1) is 0 Å². The summed E-state index contributed by atoms with van der Waals surface area (Å²) in [6, 6.07) is 29.0. The van der Waals surface area contributed by atoms with Crippen molar-refractivity contribution in [2.24, 2.45) is 0 Å². The predicted molar refractivity (Wildman–Crippen MR) is 106 cm³/mol. The first-order chi connectivity index (χ1) is 11.3. The number of rotatable bonds is 0. The van der Waals surface area contributed by atoms with E-state index in [1.165, 1.54) is 48.3 Å². The standard InChI is InChI=1S/C22H16Si/c23-22-18-8-4-3-7-16(18)13-21-19(22)10-9-17-11-14-5-1-2-6-15(14)12-20(17)21/h1-13H,23H3. The Hall–Kier alpha value is -2.64. The molecule has 0 fully saturated rings. The van der Waals surface area contributed by atoms with Crippen LogP contribution in [0.4, 0.5) is 0 Å². The number of hydrogen-bond donors (Lipinski definition) is 0. The van der Waals surface area contributed by atoms with Crippen molar-refractivity contribution in [3.05, 3.63) is 78.9 Å². The maximum Gasteiger partial charge on any atom is 0.0401 e. The topological polar surface area (TPSA) is 0 Å². The van der Waals surface area contributed by atoms with Crippen molar-refractivity contribution < 1.29 is 0 Å². The van der Waals surface area contributed by atoms with Crippen molar-refractivity contribution in [2.75, 3.05) is 0 Å². The van der Waals surface area contributed by atoms with Crippen LogP contribution in [0.15, 0.2) is 78.9 Å². The second-order valence-electron chi connectivity index (χ2n) is 6.30. The van der Waals surface area contributed by atoms with Crippen LogP contribution >= 0.6 is 0 Å². The smallest absolute Gasteiger partial charge is 0.0401 e. The molecule has 5 aromatic rings. The first kappa shape index (κ1) is 12.9. The normalized spacial score (nSPS) is 11.8. The minimum absolute atomic E-state index is 1.06. The maximum atomic E-state index is 2.36. The second kappa shape index (κ2) is 4.67. The molecule has 0 N–H and O–H groups in total. The summed E-state index contributed by atoms with van der Waals surface area (Å²) in [5, 5.41) is 12.4. The Morgan fingerprint density at radius 2 is 1.04 bits per heavy atom. The van der Waals surface area contributed by atoms with Crippen LogP contribution < -0.4 is 5.19 Å². The lowest BCUT2D eigenvalue weighted by Gasteiger charge is -2.11. The third-order valence-electron chi connectivity index (χ3n) is 5.00. The molecule has 0 bridgehead atoms. The molecule has 0 radical (unpaired) electrons. The molecule has 0 nitrogen and oxygen atoms in total. The van der Waals surface area contributed by atoms with E-state index in [2.05, 4.69) is 78.9 Å². The van der Waals surface area contributed by atoms with Crippen molar-refractivity contribution >= 4 is 58.5 Å². The van der Waals surface area contributed by atoms with Gasteiger partial charge < -0.3 is 0 Å². The summed E-state index contributed by atoms with van der Waals surface area (Å²) in [5.74, 6) is 0. The highest BCUT2D eigenvalue weighted by molar-refractivity contribution is 6.46. The number of fused-ring (bicyclic) bond motifs is 5. The van der Waals surface area contributed by atoms with Crippen LogP contribution in [0.3, 0.4) is 0 Å². The van der Waals surface area contributed by atoms with E-state index in [0.29, 0.717) is 0 Å². The highest BCUT2D eigenvalue weighted by Gasteiger charge is 2.07. The van der Waals surface area contributed by atoms with Gasteiger partial charge in [-0.3, -0.25) is 0 Å². The van der Waals surface area contributed by atoms with Crippen molar-refractivity contribution in [3.8, 4) is 0 Å². The van der Waals surface area contributed by atoms with E-state index in [4.69, 9.17) is 0 Å². The van der Waals surface area contributed by atoms with Gasteiger partial charge in [-0.05, 0) is 61.3 Å². The Bertz CT molecular complexity index is 1220. The molecule has 0 aliphatic heterocycles. The highest BCUT2D eigenvalue weighted by Crippen LogP contribution is 2.31. The molecule has 0 unspecified atom stereocenters. The molecule has 108 valence electrons. The van der Waals surface area contributed by atoms with Crippen LogP contribution in [0.2, 0.25) is 0 Å². The molecule has 1 heteroatoms. The molecule has 0 saturated carbocycles. The molecule has 0 spiro atoms. The van der Waals surface area contributed by atoms with Crippen LogP contribution in [0.1, 0.15) is 0 Å². The van der Waals surface area contributed by atoms with E-state index in [9.17, 15) is 0 Å². The third kappa shape index (κ3) is 1.84. The molecule has 23 heavy (non-hydrogen) atoms. The lowest BCUT2D eigenvalue weighted by atomic mass is 9.96. The molecule has 5 aromatic carbocycles. The van der Waals surface area contributed by atoms with E-state index < -0.39 is 0 Å². The molecular weight excluding hydrogens is 292 g/mol. The second-order valence-corrected chi connectivity index (χ2v) is 7.30. The van der Waals surface area contributed by atoms with Gasteiger partial charge in [-0.2, -0.15) is 0 Å². The molecule has 0 aromatic heterocycles. The predicted octanol–water partition coefficient (Wildman–Crippen LogP) is 4.29. The molecule has 5 rings (SSSR count). The number of hydrogen-bond acceptors (Lipinski definition) is 0. The van der Waals surface area contributed by atoms with Crippen LogP contribution in [0.5, 0.6) is 0 Å². The highest BCUT2D eigenvalue weighted by atomic mass is 28.1. The zero-order valence-electron chi connectivity index (χ0n) is 13.0. The van der Waals surface area contributed by atoms with E-state index in [-0.39, 0.29) is 0 Å². The summed E-state index contributed by atoms with van der Waals surface area (Å²) in [7, 11) is 1.06. The molecule has 0 saturated heterocycles. The van der Waals surface area contributed by atoms with Crippen molar-refractivity contribution in [3.63, 3.8) is 0 Å². The van der Waals surface area contributed by atoms with Gasteiger partial charge in [0.2, 0.25) is 0 Å². The summed E-state index contributed by atoms with van der Waals surface area (Å²) >= 11 is 0. The van der Waals surface area contributed by atoms with Crippen LogP contribution in [0.25, 0.3) is 43.1 Å². The largest absolute Gasteiger partial charge is 0.0616 e. The molecule has 0 amide bonds. The quantitative estimate of drug-likeness (QED) is 0.227. The first-order valence-electron chi connectivity index (χ1n) is 8.05. The number of benzene rings is 5. The fraction of sp³-hybridized carbons (Fsp3) is 0. The molecule has 0 aliphatic carbocycles. The Kier molecular flexibility index (Phi) is 2.61. The van der Waals surface area contributed by atoms with E-state index >= 15 is 0 Å². The molecule has 0 aliphatic rings. The Morgan fingerprint density at radius 1 is 0.435 bits per heavy atom. The van der Waals surface area contributed by atoms with Crippen molar-refractivity contribution in [2.45, 2.75) is 0 Å².